The predicted molar refractivity (Wildman–Crippen MR) is 193 cm³/mol. The van der Waals surface area contributed by atoms with Gasteiger partial charge < -0.3 is 19.3 Å². The van der Waals surface area contributed by atoms with Crippen molar-refractivity contribution in [3.63, 3.8) is 0 Å². The fraction of sp³-hybridized carbons (Fsp3) is 0.556. The molecule has 284 valence electrons. The topological polar surface area (TPSA) is 150 Å². The maximum Gasteiger partial charge on any atom is 0.334 e. The van der Waals surface area contributed by atoms with Crippen molar-refractivity contribution in [1.82, 2.24) is 0 Å². The van der Waals surface area contributed by atoms with Gasteiger partial charge >= 0.3 is 17.9 Å². The van der Waals surface area contributed by atoms with Crippen LogP contribution >= 0.6 is 0 Å². The van der Waals surface area contributed by atoms with Crippen LogP contribution in [0.1, 0.15) is 70.6 Å². The van der Waals surface area contributed by atoms with Gasteiger partial charge in [0.1, 0.15) is 24.1 Å². The molecule has 0 radical (unpaired) electrons. The number of allylic oxidation sites excluding steroid dienone is 3. The van der Waals surface area contributed by atoms with E-state index in [1.54, 1.807) is 0 Å². The summed E-state index contributed by atoms with van der Waals surface area (Å²) < 4.78 is 18.4. The molecule has 3 aliphatic heterocycles. The maximum atomic E-state index is 16.4. The van der Waals surface area contributed by atoms with E-state index in [0.29, 0.717) is 60.8 Å². The lowest BCUT2D eigenvalue weighted by Crippen LogP contribution is -2.51. The zero-order valence-corrected chi connectivity index (χ0v) is 30.8. The number of hydrogen-bond donors (Lipinski definition) is 1. The number of ether oxygens (including phenoxy) is 3. The van der Waals surface area contributed by atoms with E-state index in [-0.39, 0.29) is 89.8 Å². The van der Waals surface area contributed by atoms with Crippen LogP contribution < -0.4 is 0 Å². The Labute approximate surface area is 318 Å². The van der Waals surface area contributed by atoms with Crippen molar-refractivity contribution in [3.8, 4) is 0 Å². The third-order valence-electron chi connectivity index (χ3n) is 16.9. The number of hydrogen-bond acceptors (Lipinski definition) is 10. The molecule has 55 heavy (non-hydrogen) atoms. The van der Waals surface area contributed by atoms with E-state index in [2.05, 4.69) is 32.9 Å². The molecule has 3 saturated heterocycles. The largest absolute Gasteiger partial charge is 0.458 e. The van der Waals surface area contributed by atoms with E-state index in [4.69, 9.17) is 14.2 Å². The molecule has 11 rings (SSSR count). The van der Waals surface area contributed by atoms with Crippen LogP contribution in [-0.2, 0) is 43.0 Å². The van der Waals surface area contributed by atoms with E-state index >= 15 is 14.4 Å². The lowest BCUT2D eigenvalue weighted by atomic mass is 9.56. The Kier molecular flexibility index (Phi) is 6.46. The number of esters is 3. The summed E-state index contributed by atoms with van der Waals surface area (Å²) in [4.78, 5) is 86.2. The van der Waals surface area contributed by atoms with Gasteiger partial charge in [0.2, 0.25) is 0 Å². The van der Waals surface area contributed by atoms with Crippen LogP contribution in [-0.4, -0.2) is 64.3 Å². The molecule has 0 bridgehead atoms. The van der Waals surface area contributed by atoms with Crippen LogP contribution in [0.5, 0.6) is 0 Å². The average molecular weight is 745 g/mol. The van der Waals surface area contributed by atoms with E-state index in [1.165, 1.54) is 0 Å². The molecule has 1 N–H and O–H groups in total. The summed E-state index contributed by atoms with van der Waals surface area (Å²) in [5.41, 5.74) is -0.745. The van der Waals surface area contributed by atoms with Crippen LogP contribution in [0.25, 0.3) is 0 Å². The molecule has 2 spiro atoms. The van der Waals surface area contributed by atoms with E-state index < -0.39 is 76.3 Å². The molecule has 0 aromatic carbocycles. The summed E-state index contributed by atoms with van der Waals surface area (Å²) in [5, 5.41) is 13.0. The van der Waals surface area contributed by atoms with Crippen molar-refractivity contribution in [2.24, 2.45) is 58.2 Å². The Bertz CT molecular complexity index is 2200. The number of carbonyl (C=O) groups is 6. The molecule has 0 aromatic heterocycles. The second kappa shape index (κ2) is 10.5. The van der Waals surface area contributed by atoms with Crippen molar-refractivity contribution in [2.75, 3.05) is 0 Å². The fourth-order valence-corrected chi connectivity index (χ4v) is 14.5. The van der Waals surface area contributed by atoms with Gasteiger partial charge in [0.15, 0.2) is 11.6 Å². The number of Topliss-reactive ketones (excluding diaryl/α,β-unsaturated/α-hetero) is 3. The normalized spacial score (nSPS) is 48.0. The zero-order chi connectivity index (χ0) is 38.4. The van der Waals surface area contributed by atoms with Crippen LogP contribution in [0.3, 0.4) is 0 Å². The minimum Gasteiger partial charge on any atom is -0.458 e. The lowest BCUT2D eigenvalue weighted by Gasteiger charge is -2.47. The second-order valence-electron chi connectivity index (χ2n) is 18.5. The number of fused-ring (bicyclic) bond motifs is 11. The highest BCUT2D eigenvalue weighted by Gasteiger charge is 2.77. The predicted octanol–water partition coefficient (Wildman–Crippen LogP) is 4.88. The van der Waals surface area contributed by atoms with E-state index in [0.717, 1.165) is 11.1 Å². The first kappa shape index (κ1) is 33.9. The average Bonchev–Trinajstić information content (AvgIpc) is 3.85. The van der Waals surface area contributed by atoms with Gasteiger partial charge in [-0.05, 0) is 87.2 Å². The third-order valence-corrected chi connectivity index (χ3v) is 16.9. The standard InChI is InChI=1S/C45H44O10/c1-17-6-8-24-19(3)41(50)54-37(24)30-26(17)16-27(46)44(30)15-14-43(52)12-11-25-20(4)42(51)55-38(25)33-32(43)34(44)39(48)45(33)13-10-22-7-9-23-18(2)40(49)53-36(23)28-21(5)35(47)31(45)29(22)28/h22-26,28,30,33,36-38,52H,1-16H2. The molecule has 7 fully saturated rings. The van der Waals surface area contributed by atoms with Crippen molar-refractivity contribution in [3.05, 3.63) is 83.1 Å². The molecule has 10 heteroatoms. The maximum absolute atomic E-state index is 16.4. The van der Waals surface area contributed by atoms with Gasteiger partial charge in [-0.25, -0.2) is 14.4 Å². The molecule has 0 amide bonds. The molecule has 4 saturated carbocycles. The molecule has 11 aliphatic rings. The molecule has 0 aromatic rings. The van der Waals surface area contributed by atoms with Gasteiger partial charge in [-0.3, -0.25) is 14.4 Å². The molecular formula is C45H44O10. The first-order chi connectivity index (χ1) is 26.2. The summed E-state index contributed by atoms with van der Waals surface area (Å²) in [5.74, 6) is -6.38. The Morgan fingerprint density at radius 1 is 0.600 bits per heavy atom. The van der Waals surface area contributed by atoms with Crippen molar-refractivity contribution in [1.29, 1.82) is 0 Å². The zero-order valence-electron chi connectivity index (χ0n) is 30.8. The van der Waals surface area contributed by atoms with Crippen molar-refractivity contribution < 1.29 is 48.1 Å². The first-order valence-corrected chi connectivity index (χ1v) is 20.1. The van der Waals surface area contributed by atoms with E-state index in [1.807, 2.05) is 0 Å². The molecule has 14 atom stereocenters. The van der Waals surface area contributed by atoms with Crippen molar-refractivity contribution in [2.45, 2.75) is 94.5 Å². The summed E-state index contributed by atoms with van der Waals surface area (Å²) in [6, 6.07) is 0. The minimum absolute atomic E-state index is 0.0980. The Balaban J connectivity index is 1.19. The third kappa shape index (κ3) is 3.68. The van der Waals surface area contributed by atoms with Gasteiger partial charge in [-0.1, -0.05) is 38.5 Å². The monoisotopic (exact) mass is 744 g/mol. The van der Waals surface area contributed by atoms with Gasteiger partial charge in [0.05, 0.1) is 16.4 Å². The summed E-state index contributed by atoms with van der Waals surface area (Å²) in [6.07, 6.45) is 1.90. The Morgan fingerprint density at radius 3 is 1.95 bits per heavy atom. The van der Waals surface area contributed by atoms with Crippen LogP contribution in [0.15, 0.2) is 83.1 Å². The van der Waals surface area contributed by atoms with Gasteiger partial charge in [-0.15, -0.1) is 0 Å². The highest BCUT2D eigenvalue weighted by atomic mass is 16.6. The minimum atomic E-state index is -1.59. The smallest absolute Gasteiger partial charge is 0.334 e. The SMILES string of the molecule is C=C1C(=O)OC2C1CCC1CCC3(C(=O)C4=C5C3C3OC(=O)C(=C)C3CCC5(O)CCC43C(=O)CC4C(=C)CCC5C(=C)C(=O)OC5C43)C3=C1C2C(=C)C3=O. The van der Waals surface area contributed by atoms with Gasteiger partial charge in [0.25, 0.3) is 0 Å². The highest BCUT2D eigenvalue weighted by Crippen LogP contribution is 2.74. The number of rotatable bonds is 0. The van der Waals surface area contributed by atoms with Crippen LogP contribution in [0, 0.1) is 58.2 Å². The number of carbonyl (C=O) groups excluding carboxylic acids is 6. The molecular weight excluding hydrogens is 700 g/mol. The quantitative estimate of drug-likeness (QED) is 0.157. The molecule has 10 nitrogen and oxygen atoms in total. The van der Waals surface area contributed by atoms with Crippen LogP contribution in [0.4, 0.5) is 0 Å². The van der Waals surface area contributed by atoms with E-state index in [9.17, 15) is 19.5 Å². The summed E-state index contributed by atoms with van der Waals surface area (Å²) in [7, 11) is 0. The van der Waals surface area contributed by atoms with Crippen molar-refractivity contribution >= 4 is 35.3 Å². The van der Waals surface area contributed by atoms with Crippen LogP contribution in [0.2, 0.25) is 0 Å². The first-order valence-electron chi connectivity index (χ1n) is 20.1. The second-order valence-corrected chi connectivity index (χ2v) is 18.5. The summed E-state index contributed by atoms with van der Waals surface area (Å²) in [6.45, 7) is 21.0. The Hall–Kier alpha value is -4.44. The molecule has 3 heterocycles. The highest BCUT2D eigenvalue weighted by molar-refractivity contribution is 6.22. The summed E-state index contributed by atoms with van der Waals surface area (Å²) >= 11 is 0. The number of aliphatic hydroxyl groups is 1. The number of ketones is 3. The van der Waals surface area contributed by atoms with Gasteiger partial charge in [-0.2, -0.15) is 0 Å². The molecule has 14 unspecified atom stereocenters. The molecule has 8 aliphatic carbocycles. The van der Waals surface area contributed by atoms with Gasteiger partial charge in [0, 0.05) is 75.4 Å². The lowest BCUT2D eigenvalue weighted by molar-refractivity contribution is -0.147. The fourth-order valence-electron chi connectivity index (χ4n) is 14.5. The Morgan fingerprint density at radius 2 is 1.24 bits per heavy atom.